The molecule has 18 heavy (non-hydrogen) atoms. The summed E-state index contributed by atoms with van der Waals surface area (Å²) in [5.74, 6) is 0.855. The van der Waals surface area contributed by atoms with Crippen molar-refractivity contribution in [3.05, 3.63) is 35.9 Å². The third-order valence-corrected chi connectivity index (χ3v) is 4.06. The molecule has 0 N–H and O–H groups in total. The van der Waals surface area contributed by atoms with Gasteiger partial charge in [0.1, 0.15) is 0 Å². The molecular formula is C16H22O2. The van der Waals surface area contributed by atoms with Crippen LogP contribution in [0.5, 0.6) is 0 Å². The van der Waals surface area contributed by atoms with Crippen LogP contribution in [0.2, 0.25) is 0 Å². The van der Waals surface area contributed by atoms with Crippen molar-refractivity contribution in [3.8, 4) is 0 Å². The van der Waals surface area contributed by atoms with Crippen molar-refractivity contribution >= 4 is 5.78 Å². The number of carbonyl (C=O) groups excluding carboxylic acids is 1. The molecule has 2 unspecified atom stereocenters. The molecule has 1 saturated carbocycles. The van der Waals surface area contributed by atoms with E-state index < -0.39 is 0 Å². The smallest absolute Gasteiger partial charge is 0.165 e. The zero-order valence-electron chi connectivity index (χ0n) is 11.3. The van der Waals surface area contributed by atoms with Crippen LogP contribution in [0.1, 0.15) is 49.4 Å². The van der Waals surface area contributed by atoms with E-state index in [1.54, 1.807) is 7.11 Å². The summed E-state index contributed by atoms with van der Waals surface area (Å²) in [5, 5.41) is 0. The minimum atomic E-state index is -0.232. The first-order valence-electron chi connectivity index (χ1n) is 6.79. The second-order valence-electron chi connectivity index (χ2n) is 5.55. The highest BCUT2D eigenvalue weighted by atomic mass is 16.5. The van der Waals surface area contributed by atoms with Gasteiger partial charge in [-0.2, -0.15) is 0 Å². The van der Waals surface area contributed by atoms with Crippen molar-refractivity contribution in [1.82, 2.24) is 0 Å². The molecule has 2 nitrogen and oxygen atoms in total. The predicted molar refractivity (Wildman–Crippen MR) is 72.8 cm³/mol. The van der Waals surface area contributed by atoms with Gasteiger partial charge >= 0.3 is 0 Å². The van der Waals surface area contributed by atoms with Crippen molar-refractivity contribution in [2.45, 2.75) is 44.6 Å². The van der Waals surface area contributed by atoms with E-state index in [0.717, 1.165) is 24.8 Å². The molecule has 0 heterocycles. The summed E-state index contributed by atoms with van der Waals surface area (Å²) >= 11 is 0. The molecule has 0 saturated heterocycles. The number of rotatable bonds is 4. The van der Waals surface area contributed by atoms with Crippen LogP contribution in [-0.4, -0.2) is 18.5 Å². The van der Waals surface area contributed by atoms with Crippen molar-refractivity contribution in [3.63, 3.8) is 0 Å². The zero-order valence-corrected chi connectivity index (χ0v) is 11.3. The van der Waals surface area contributed by atoms with Gasteiger partial charge in [0, 0.05) is 19.1 Å². The number of benzene rings is 1. The Morgan fingerprint density at radius 2 is 2.11 bits per heavy atom. The Labute approximate surface area is 109 Å². The lowest BCUT2D eigenvalue weighted by Crippen LogP contribution is -2.39. The monoisotopic (exact) mass is 246 g/mol. The average Bonchev–Trinajstić information content (AvgIpc) is 2.39. The molecular weight excluding hydrogens is 224 g/mol. The molecule has 0 bridgehead atoms. The normalized spacial score (nSPS) is 28.0. The van der Waals surface area contributed by atoms with Gasteiger partial charge < -0.3 is 4.74 Å². The minimum absolute atomic E-state index is 0.201. The van der Waals surface area contributed by atoms with E-state index in [9.17, 15) is 4.79 Å². The highest BCUT2D eigenvalue weighted by molar-refractivity contribution is 5.96. The van der Waals surface area contributed by atoms with E-state index in [4.69, 9.17) is 4.74 Å². The summed E-state index contributed by atoms with van der Waals surface area (Å²) in [7, 11) is 1.75. The van der Waals surface area contributed by atoms with Gasteiger partial charge in [-0.1, -0.05) is 50.1 Å². The highest BCUT2D eigenvalue weighted by Gasteiger charge is 2.36. The Bertz CT molecular complexity index is 399. The second-order valence-corrected chi connectivity index (χ2v) is 5.55. The lowest BCUT2D eigenvalue weighted by Gasteiger charge is -2.38. The fourth-order valence-corrected chi connectivity index (χ4v) is 3.05. The number of methoxy groups -OCH3 is 1. The quantitative estimate of drug-likeness (QED) is 0.754. The first kappa shape index (κ1) is 13.3. The molecule has 1 aromatic rings. The molecule has 0 amide bonds. The van der Waals surface area contributed by atoms with E-state index in [1.165, 1.54) is 6.42 Å². The molecule has 0 aromatic heterocycles. The Morgan fingerprint density at radius 1 is 1.39 bits per heavy atom. The van der Waals surface area contributed by atoms with Crippen LogP contribution in [0.3, 0.4) is 0 Å². The van der Waals surface area contributed by atoms with Gasteiger partial charge in [-0.25, -0.2) is 0 Å². The van der Waals surface area contributed by atoms with Crippen molar-refractivity contribution in [2.24, 2.45) is 5.92 Å². The van der Waals surface area contributed by atoms with E-state index in [-0.39, 0.29) is 11.4 Å². The summed E-state index contributed by atoms with van der Waals surface area (Å²) in [4.78, 5) is 12.3. The summed E-state index contributed by atoms with van der Waals surface area (Å²) < 4.78 is 5.72. The van der Waals surface area contributed by atoms with Gasteiger partial charge in [-0.15, -0.1) is 0 Å². The van der Waals surface area contributed by atoms with Gasteiger partial charge in [0.2, 0.25) is 0 Å². The number of carbonyl (C=O) groups is 1. The average molecular weight is 246 g/mol. The summed E-state index contributed by atoms with van der Waals surface area (Å²) in [5.41, 5.74) is 0.567. The Morgan fingerprint density at radius 3 is 2.72 bits per heavy atom. The maximum Gasteiger partial charge on any atom is 0.165 e. The van der Waals surface area contributed by atoms with Crippen molar-refractivity contribution in [1.29, 1.82) is 0 Å². The summed E-state index contributed by atoms with van der Waals surface area (Å²) in [6.07, 6.45) is 4.94. The third-order valence-electron chi connectivity index (χ3n) is 4.06. The molecule has 2 heteroatoms. The summed E-state index contributed by atoms with van der Waals surface area (Å²) in [6, 6.07) is 9.54. The minimum Gasteiger partial charge on any atom is -0.378 e. The number of ketones is 1. The molecule has 2 atom stereocenters. The molecule has 1 aromatic carbocycles. The van der Waals surface area contributed by atoms with E-state index >= 15 is 0 Å². The first-order chi connectivity index (χ1) is 8.65. The number of Topliss-reactive ketones (excluding diaryl/α,β-unsaturated/α-hetero) is 1. The standard InChI is InChI=1S/C16H22O2/c1-13-7-6-10-16(11-13,18-2)12-15(17)14-8-4-3-5-9-14/h3-5,8-9,13H,6-7,10-12H2,1-2H3. The Kier molecular flexibility index (Phi) is 4.18. The van der Waals surface area contributed by atoms with Gasteiger partial charge in [0.25, 0.3) is 0 Å². The fraction of sp³-hybridized carbons (Fsp3) is 0.562. The van der Waals surface area contributed by atoms with Gasteiger partial charge in [0.05, 0.1) is 5.60 Å². The summed E-state index contributed by atoms with van der Waals surface area (Å²) in [6.45, 7) is 2.25. The lowest BCUT2D eigenvalue weighted by atomic mass is 9.75. The molecule has 0 aliphatic heterocycles. The molecule has 1 aliphatic carbocycles. The van der Waals surface area contributed by atoms with Gasteiger partial charge in [0.15, 0.2) is 5.78 Å². The zero-order chi connectivity index (χ0) is 13.0. The van der Waals surface area contributed by atoms with Crippen LogP contribution in [0.15, 0.2) is 30.3 Å². The molecule has 1 fully saturated rings. The Balaban J connectivity index is 2.08. The molecule has 98 valence electrons. The van der Waals surface area contributed by atoms with E-state index in [2.05, 4.69) is 6.92 Å². The lowest BCUT2D eigenvalue weighted by molar-refractivity contribution is -0.0520. The topological polar surface area (TPSA) is 26.3 Å². The van der Waals surface area contributed by atoms with Crippen molar-refractivity contribution in [2.75, 3.05) is 7.11 Å². The van der Waals surface area contributed by atoms with Crippen LogP contribution < -0.4 is 0 Å². The maximum atomic E-state index is 12.3. The largest absolute Gasteiger partial charge is 0.378 e. The SMILES string of the molecule is COC1(CC(=O)c2ccccc2)CCCC(C)C1. The van der Waals surface area contributed by atoms with Gasteiger partial charge in [-0.05, 0) is 18.8 Å². The molecule has 2 rings (SSSR count). The van der Waals surface area contributed by atoms with E-state index in [0.29, 0.717) is 12.3 Å². The molecule has 0 radical (unpaired) electrons. The molecule has 1 aliphatic rings. The first-order valence-corrected chi connectivity index (χ1v) is 6.79. The maximum absolute atomic E-state index is 12.3. The number of hydrogen-bond acceptors (Lipinski definition) is 2. The molecule has 0 spiro atoms. The highest BCUT2D eigenvalue weighted by Crippen LogP contribution is 2.37. The second kappa shape index (κ2) is 5.66. The van der Waals surface area contributed by atoms with E-state index in [1.807, 2.05) is 30.3 Å². The third kappa shape index (κ3) is 2.99. The fourth-order valence-electron chi connectivity index (χ4n) is 3.05. The van der Waals surface area contributed by atoms with Gasteiger partial charge in [-0.3, -0.25) is 4.79 Å². The predicted octanol–water partition coefficient (Wildman–Crippen LogP) is 3.85. The van der Waals surface area contributed by atoms with Crippen LogP contribution >= 0.6 is 0 Å². The van der Waals surface area contributed by atoms with Crippen LogP contribution in [0.25, 0.3) is 0 Å². The number of ether oxygens (including phenoxy) is 1. The van der Waals surface area contributed by atoms with Crippen LogP contribution in [-0.2, 0) is 4.74 Å². The van der Waals surface area contributed by atoms with Crippen LogP contribution in [0, 0.1) is 5.92 Å². The van der Waals surface area contributed by atoms with Crippen LogP contribution in [0.4, 0.5) is 0 Å². The number of hydrogen-bond donors (Lipinski definition) is 0. The Hall–Kier alpha value is -1.15. The van der Waals surface area contributed by atoms with Crippen molar-refractivity contribution < 1.29 is 9.53 Å².